The van der Waals surface area contributed by atoms with Gasteiger partial charge < -0.3 is 15.0 Å². The minimum absolute atomic E-state index is 0.162. The lowest BCUT2D eigenvalue weighted by Crippen LogP contribution is -2.38. The number of likely N-dealkylation sites (tertiary alicyclic amines) is 1. The van der Waals surface area contributed by atoms with Crippen LogP contribution in [-0.4, -0.2) is 43.6 Å². The van der Waals surface area contributed by atoms with Gasteiger partial charge in [0.25, 0.3) is 5.91 Å². The Morgan fingerprint density at radius 2 is 2.47 bits per heavy atom. The van der Waals surface area contributed by atoms with Crippen molar-refractivity contribution in [1.29, 1.82) is 0 Å². The highest BCUT2D eigenvalue weighted by molar-refractivity contribution is 7.12. The van der Waals surface area contributed by atoms with Crippen LogP contribution < -0.4 is 10.1 Å². The first-order chi connectivity index (χ1) is 8.29. The van der Waals surface area contributed by atoms with Gasteiger partial charge in [0.1, 0.15) is 5.75 Å². The number of carbonyl (C=O) groups is 1. The van der Waals surface area contributed by atoms with Gasteiger partial charge in [-0.2, -0.15) is 0 Å². The summed E-state index contributed by atoms with van der Waals surface area (Å²) in [6, 6.07) is 2.23. The van der Waals surface area contributed by atoms with E-state index < -0.39 is 0 Å². The van der Waals surface area contributed by atoms with Crippen LogP contribution in [0.4, 0.5) is 0 Å². The fourth-order valence-electron chi connectivity index (χ4n) is 2.78. The van der Waals surface area contributed by atoms with E-state index in [0.717, 1.165) is 36.7 Å². The number of amides is 1. The number of methoxy groups -OCH3 is 1. The number of fused-ring (bicyclic) bond motifs is 1. The summed E-state index contributed by atoms with van der Waals surface area (Å²) in [6.07, 6.45) is 1.13. The van der Waals surface area contributed by atoms with Crippen molar-refractivity contribution in [3.63, 3.8) is 0 Å². The molecule has 4 nitrogen and oxygen atoms in total. The van der Waals surface area contributed by atoms with Crippen molar-refractivity contribution in [3.05, 3.63) is 16.3 Å². The Kier molecular flexibility index (Phi) is 2.80. The van der Waals surface area contributed by atoms with E-state index in [1.54, 1.807) is 7.11 Å². The van der Waals surface area contributed by atoms with Gasteiger partial charge >= 0.3 is 0 Å². The molecule has 0 aromatic carbocycles. The highest BCUT2D eigenvalue weighted by atomic mass is 32.1. The Labute approximate surface area is 105 Å². The van der Waals surface area contributed by atoms with Gasteiger partial charge in [-0.15, -0.1) is 11.3 Å². The zero-order chi connectivity index (χ0) is 11.8. The molecule has 0 bridgehead atoms. The quantitative estimate of drug-likeness (QED) is 0.859. The Hall–Kier alpha value is -1.07. The summed E-state index contributed by atoms with van der Waals surface area (Å²) in [7, 11) is 1.63. The third-order valence-electron chi connectivity index (χ3n) is 3.73. The van der Waals surface area contributed by atoms with Crippen LogP contribution in [0.5, 0.6) is 5.75 Å². The van der Waals surface area contributed by atoms with E-state index in [9.17, 15) is 4.79 Å². The van der Waals surface area contributed by atoms with E-state index in [1.807, 2.05) is 16.3 Å². The lowest BCUT2D eigenvalue weighted by molar-refractivity contribution is 0.0741. The zero-order valence-corrected chi connectivity index (χ0v) is 10.6. The molecule has 0 unspecified atom stereocenters. The Morgan fingerprint density at radius 3 is 3.24 bits per heavy atom. The highest BCUT2D eigenvalue weighted by Gasteiger charge is 2.40. The van der Waals surface area contributed by atoms with Crippen LogP contribution in [0.15, 0.2) is 11.4 Å². The predicted molar refractivity (Wildman–Crippen MR) is 66.7 cm³/mol. The molecule has 0 spiro atoms. The topological polar surface area (TPSA) is 41.6 Å². The van der Waals surface area contributed by atoms with Crippen molar-refractivity contribution in [2.45, 2.75) is 12.5 Å². The standard InChI is InChI=1S/C12H16N2O2S/c1-16-9-4-11(17-7-9)12(15)14-3-2-8-5-13-6-10(8)14/h4,7-8,10,13H,2-3,5-6H2,1H3/t8-,10+/m0/s1. The first kappa shape index (κ1) is 11.0. The van der Waals surface area contributed by atoms with Crippen molar-refractivity contribution in [1.82, 2.24) is 10.2 Å². The maximum absolute atomic E-state index is 12.4. The Morgan fingerprint density at radius 1 is 1.59 bits per heavy atom. The Bertz CT molecular complexity index is 432. The van der Waals surface area contributed by atoms with Gasteiger partial charge in [-0.3, -0.25) is 4.79 Å². The van der Waals surface area contributed by atoms with Crippen molar-refractivity contribution < 1.29 is 9.53 Å². The summed E-state index contributed by atoms with van der Waals surface area (Å²) >= 11 is 1.47. The molecular formula is C12H16N2O2S. The first-order valence-corrected chi connectivity index (χ1v) is 6.82. The fraction of sp³-hybridized carbons (Fsp3) is 0.583. The van der Waals surface area contributed by atoms with Gasteiger partial charge in [-0.1, -0.05) is 0 Å². The molecule has 2 aliphatic heterocycles. The molecule has 2 atom stereocenters. The van der Waals surface area contributed by atoms with E-state index in [4.69, 9.17) is 4.74 Å². The van der Waals surface area contributed by atoms with E-state index >= 15 is 0 Å². The molecule has 17 heavy (non-hydrogen) atoms. The van der Waals surface area contributed by atoms with Crippen LogP contribution in [0.2, 0.25) is 0 Å². The van der Waals surface area contributed by atoms with Crippen molar-refractivity contribution in [2.24, 2.45) is 5.92 Å². The summed E-state index contributed by atoms with van der Waals surface area (Å²) in [4.78, 5) is 15.2. The summed E-state index contributed by atoms with van der Waals surface area (Å²) in [5, 5.41) is 5.24. The van der Waals surface area contributed by atoms with Crippen LogP contribution in [0.25, 0.3) is 0 Å². The molecule has 0 aliphatic carbocycles. The van der Waals surface area contributed by atoms with Gasteiger partial charge in [0.2, 0.25) is 0 Å². The normalized spacial score (nSPS) is 27.2. The van der Waals surface area contributed by atoms with Crippen LogP contribution in [0.1, 0.15) is 16.1 Å². The molecular weight excluding hydrogens is 236 g/mol. The molecule has 3 heterocycles. The van der Waals surface area contributed by atoms with Gasteiger partial charge in [0.05, 0.1) is 12.0 Å². The lowest BCUT2D eigenvalue weighted by atomic mass is 10.1. The number of ether oxygens (including phenoxy) is 1. The summed E-state index contributed by atoms with van der Waals surface area (Å²) in [5.41, 5.74) is 0. The molecule has 1 amide bonds. The predicted octanol–water partition coefficient (Wildman–Crippen LogP) is 1.19. The van der Waals surface area contributed by atoms with E-state index in [-0.39, 0.29) is 5.91 Å². The second-order valence-electron chi connectivity index (χ2n) is 4.62. The molecule has 1 aromatic heterocycles. The molecule has 0 saturated carbocycles. The molecule has 2 saturated heterocycles. The number of nitrogens with one attached hydrogen (secondary N) is 1. The SMILES string of the molecule is COc1csc(C(=O)N2CC[C@H]3CNC[C@H]32)c1. The first-order valence-electron chi connectivity index (χ1n) is 5.94. The van der Waals surface area contributed by atoms with Gasteiger partial charge in [0.15, 0.2) is 0 Å². The van der Waals surface area contributed by atoms with Crippen LogP contribution >= 0.6 is 11.3 Å². The lowest BCUT2D eigenvalue weighted by Gasteiger charge is -2.22. The van der Waals surface area contributed by atoms with E-state index in [0.29, 0.717) is 12.0 Å². The fourth-order valence-corrected chi connectivity index (χ4v) is 3.59. The second-order valence-corrected chi connectivity index (χ2v) is 5.53. The van der Waals surface area contributed by atoms with Crippen LogP contribution in [0, 0.1) is 5.92 Å². The number of hydrogen-bond acceptors (Lipinski definition) is 4. The molecule has 0 radical (unpaired) electrons. The molecule has 2 fully saturated rings. The highest BCUT2D eigenvalue weighted by Crippen LogP contribution is 2.30. The molecule has 5 heteroatoms. The second kappa shape index (κ2) is 4.31. The maximum Gasteiger partial charge on any atom is 0.264 e. The van der Waals surface area contributed by atoms with E-state index in [2.05, 4.69) is 5.32 Å². The monoisotopic (exact) mass is 252 g/mol. The largest absolute Gasteiger partial charge is 0.496 e. The van der Waals surface area contributed by atoms with Gasteiger partial charge in [-0.05, 0) is 12.3 Å². The van der Waals surface area contributed by atoms with Gasteiger partial charge in [0, 0.05) is 37.1 Å². The van der Waals surface area contributed by atoms with E-state index in [1.165, 1.54) is 11.3 Å². The minimum Gasteiger partial charge on any atom is -0.496 e. The average molecular weight is 252 g/mol. The Balaban J connectivity index is 1.77. The molecule has 3 rings (SSSR count). The number of hydrogen-bond donors (Lipinski definition) is 1. The maximum atomic E-state index is 12.4. The minimum atomic E-state index is 0.162. The van der Waals surface area contributed by atoms with Crippen LogP contribution in [-0.2, 0) is 0 Å². The van der Waals surface area contributed by atoms with Gasteiger partial charge in [-0.25, -0.2) is 0 Å². The third kappa shape index (κ3) is 1.83. The molecule has 92 valence electrons. The number of rotatable bonds is 2. The van der Waals surface area contributed by atoms with Crippen molar-refractivity contribution in [2.75, 3.05) is 26.7 Å². The third-order valence-corrected chi connectivity index (χ3v) is 4.62. The van der Waals surface area contributed by atoms with Crippen molar-refractivity contribution in [3.8, 4) is 5.75 Å². The molecule has 1 N–H and O–H groups in total. The number of carbonyl (C=O) groups excluding carboxylic acids is 1. The zero-order valence-electron chi connectivity index (χ0n) is 9.81. The average Bonchev–Trinajstić information content (AvgIpc) is 3.04. The summed E-state index contributed by atoms with van der Waals surface area (Å²) in [5.74, 6) is 1.59. The van der Waals surface area contributed by atoms with Crippen molar-refractivity contribution >= 4 is 17.2 Å². The van der Waals surface area contributed by atoms with Crippen LogP contribution in [0.3, 0.4) is 0 Å². The summed E-state index contributed by atoms with van der Waals surface area (Å²) < 4.78 is 5.12. The molecule has 2 aliphatic rings. The number of nitrogens with zero attached hydrogens (tertiary/aromatic N) is 1. The smallest absolute Gasteiger partial charge is 0.264 e. The molecule has 1 aromatic rings. The summed E-state index contributed by atoms with van der Waals surface area (Å²) in [6.45, 7) is 2.90. The number of thiophene rings is 1.